The van der Waals surface area contributed by atoms with Gasteiger partial charge in [-0.2, -0.15) is 4.98 Å². The first kappa shape index (κ1) is 14.0. The van der Waals surface area contributed by atoms with Crippen LogP contribution in [-0.4, -0.2) is 61.9 Å². The van der Waals surface area contributed by atoms with Gasteiger partial charge in [0.25, 0.3) is 0 Å². The van der Waals surface area contributed by atoms with Gasteiger partial charge in [-0.15, -0.1) is 0 Å². The molecule has 0 aliphatic carbocycles. The number of ether oxygens (including phenoxy) is 2. The molecule has 1 aliphatic heterocycles. The van der Waals surface area contributed by atoms with Gasteiger partial charge in [0.15, 0.2) is 0 Å². The monoisotopic (exact) mass is 266 g/mol. The summed E-state index contributed by atoms with van der Waals surface area (Å²) in [5.41, 5.74) is 0. The van der Waals surface area contributed by atoms with Crippen LogP contribution in [0.3, 0.4) is 0 Å². The molecule has 0 saturated carbocycles. The van der Waals surface area contributed by atoms with Gasteiger partial charge in [-0.05, 0) is 18.9 Å². The van der Waals surface area contributed by atoms with Crippen LogP contribution in [0.15, 0.2) is 12.3 Å². The predicted molar refractivity (Wildman–Crippen MR) is 73.5 cm³/mol. The molecule has 0 bridgehead atoms. The summed E-state index contributed by atoms with van der Waals surface area (Å²) < 4.78 is 10.2. The van der Waals surface area contributed by atoms with E-state index < -0.39 is 0 Å². The molecule has 19 heavy (non-hydrogen) atoms. The van der Waals surface area contributed by atoms with Crippen molar-refractivity contribution in [3.05, 3.63) is 12.3 Å². The highest BCUT2D eigenvalue weighted by Gasteiger charge is 2.21. The highest BCUT2D eigenvalue weighted by molar-refractivity contribution is 5.27. The van der Waals surface area contributed by atoms with E-state index in [2.05, 4.69) is 20.2 Å². The number of nitrogens with zero attached hydrogens (tertiary/aromatic N) is 3. The largest absolute Gasteiger partial charge is 0.481 e. The van der Waals surface area contributed by atoms with E-state index in [4.69, 9.17) is 9.47 Å². The Bertz CT molecular complexity index is 389. The van der Waals surface area contributed by atoms with Crippen LogP contribution < -0.4 is 10.1 Å². The minimum Gasteiger partial charge on any atom is -0.481 e. The van der Waals surface area contributed by atoms with Crippen molar-refractivity contribution in [1.82, 2.24) is 14.9 Å². The molecule has 1 saturated heterocycles. The van der Waals surface area contributed by atoms with Crippen molar-refractivity contribution in [3.8, 4) is 5.88 Å². The number of rotatable bonds is 7. The van der Waals surface area contributed by atoms with E-state index in [1.807, 2.05) is 0 Å². The first-order valence-electron chi connectivity index (χ1n) is 6.64. The highest BCUT2D eigenvalue weighted by Crippen LogP contribution is 2.16. The van der Waals surface area contributed by atoms with Crippen LogP contribution in [0.25, 0.3) is 0 Å². The van der Waals surface area contributed by atoms with Gasteiger partial charge in [0.2, 0.25) is 11.8 Å². The topological polar surface area (TPSA) is 59.5 Å². The fourth-order valence-electron chi connectivity index (χ4n) is 2.28. The van der Waals surface area contributed by atoms with Crippen molar-refractivity contribution in [2.24, 2.45) is 5.92 Å². The molecule has 6 heteroatoms. The molecule has 1 aromatic rings. The van der Waals surface area contributed by atoms with Crippen LogP contribution in [0, 0.1) is 5.92 Å². The summed E-state index contributed by atoms with van der Waals surface area (Å²) in [6.45, 7) is 4.98. The Labute approximate surface area is 114 Å². The molecule has 6 nitrogen and oxygen atoms in total. The molecule has 1 aliphatic rings. The average molecular weight is 266 g/mol. The van der Waals surface area contributed by atoms with Crippen molar-refractivity contribution >= 4 is 5.95 Å². The lowest BCUT2D eigenvalue weighted by molar-refractivity contribution is 0.159. The molecule has 1 aromatic heterocycles. The van der Waals surface area contributed by atoms with Crippen LogP contribution in [0.1, 0.15) is 6.42 Å². The second kappa shape index (κ2) is 7.25. The standard InChI is InChI=1S/C13H22N4O2/c1-18-8-7-17-6-4-11(10-17)9-15-13-14-5-3-12(16-13)19-2/h3,5,11H,4,6-10H2,1-2H3,(H,14,15,16). The van der Waals surface area contributed by atoms with Gasteiger partial charge in [-0.1, -0.05) is 0 Å². The van der Waals surface area contributed by atoms with Crippen molar-refractivity contribution in [2.75, 3.05) is 52.3 Å². The fraction of sp³-hybridized carbons (Fsp3) is 0.692. The number of aromatic nitrogens is 2. The van der Waals surface area contributed by atoms with Gasteiger partial charge < -0.3 is 19.7 Å². The molecule has 1 N–H and O–H groups in total. The minimum absolute atomic E-state index is 0.589. The molecule has 0 spiro atoms. The van der Waals surface area contributed by atoms with E-state index in [0.717, 1.165) is 32.8 Å². The SMILES string of the molecule is COCCN1CCC(CNc2nccc(OC)n2)C1. The second-order valence-electron chi connectivity index (χ2n) is 4.75. The zero-order valence-electron chi connectivity index (χ0n) is 11.6. The Morgan fingerprint density at radius 2 is 2.37 bits per heavy atom. The van der Waals surface area contributed by atoms with E-state index >= 15 is 0 Å². The van der Waals surface area contributed by atoms with Gasteiger partial charge in [0.1, 0.15) is 0 Å². The third kappa shape index (κ3) is 4.33. The predicted octanol–water partition coefficient (Wildman–Crippen LogP) is 0.865. The maximum Gasteiger partial charge on any atom is 0.225 e. The van der Waals surface area contributed by atoms with Gasteiger partial charge in [-0.25, -0.2) is 4.98 Å². The highest BCUT2D eigenvalue weighted by atomic mass is 16.5. The smallest absolute Gasteiger partial charge is 0.225 e. The van der Waals surface area contributed by atoms with Crippen molar-refractivity contribution in [1.29, 1.82) is 0 Å². The normalized spacial score (nSPS) is 19.6. The van der Waals surface area contributed by atoms with Crippen molar-refractivity contribution < 1.29 is 9.47 Å². The molecule has 0 amide bonds. The molecule has 1 unspecified atom stereocenters. The summed E-state index contributed by atoms with van der Waals surface area (Å²) >= 11 is 0. The molecule has 0 aromatic carbocycles. The third-order valence-electron chi connectivity index (χ3n) is 3.37. The number of hydrogen-bond donors (Lipinski definition) is 1. The lowest BCUT2D eigenvalue weighted by Crippen LogP contribution is -2.26. The van der Waals surface area contributed by atoms with Crippen molar-refractivity contribution in [3.63, 3.8) is 0 Å². The second-order valence-corrected chi connectivity index (χ2v) is 4.75. The van der Waals surface area contributed by atoms with Gasteiger partial charge in [-0.3, -0.25) is 0 Å². The number of hydrogen-bond acceptors (Lipinski definition) is 6. The Hall–Kier alpha value is -1.40. The maximum absolute atomic E-state index is 5.10. The lowest BCUT2D eigenvalue weighted by atomic mass is 10.1. The molecular formula is C13H22N4O2. The molecule has 2 rings (SSSR count). The quantitative estimate of drug-likeness (QED) is 0.790. The van der Waals surface area contributed by atoms with E-state index in [1.165, 1.54) is 6.42 Å². The maximum atomic E-state index is 5.10. The van der Waals surface area contributed by atoms with Crippen LogP contribution in [0.4, 0.5) is 5.95 Å². The number of likely N-dealkylation sites (tertiary alicyclic amines) is 1. The lowest BCUT2D eigenvalue weighted by Gasteiger charge is -2.15. The summed E-state index contributed by atoms with van der Waals surface area (Å²) in [4.78, 5) is 10.9. The Morgan fingerprint density at radius 3 is 3.16 bits per heavy atom. The van der Waals surface area contributed by atoms with E-state index in [0.29, 0.717) is 17.7 Å². The first-order valence-corrected chi connectivity index (χ1v) is 6.64. The summed E-state index contributed by atoms with van der Waals surface area (Å²) in [6, 6.07) is 1.74. The van der Waals surface area contributed by atoms with Crippen LogP contribution in [0.5, 0.6) is 5.88 Å². The Balaban J connectivity index is 1.74. The van der Waals surface area contributed by atoms with Gasteiger partial charge in [0.05, 0.1) is 13.7 Å². The van der Waals surface area contributed by atoms with Crippen LogP contribution in [-0.2, 0) is 4.74 Å². The molecular weight excluding hydrogens is 244 g/mol. The number of anilines is 1. The van der Waals surface area contributed by atoms with Crippen LogP contribution in [0.2, 0.25) is 0 Å². The summed E-state index contributed by atoms with van der Waals surface area (Å²) in [5.74, 6) is 1.87. The van der Waals surface area contributed by atoms with Gasteiger partial charge >= 0.3 is 0 Å². The number of methoxy groups -OCH3 is 2. The molecule has 1 atom stereocenters. The van der Waals surface area contributed by atoms with E-state index in [-0.39, 0.29) is 0 Å². The first-order chi connectivity index (χ1) is 9.31. The zero-order valence-corrected chi connectivity index (χ0v) is 11.6. The minimum atomic E-state index is 0.589. The third-order valence-corrected chi connectivity index (χ3v) is 3.37. The summed E-state index contributed by atoms with van der Waals surface area (Å²) in [5, 5.41) is 3.28. The zero-order chi connectivity index (χ0) is 13.5. The summed E-state index contributed by atoms with van der Waals surface area (Å²) in [7, 11) is 3.35. The molecule has 106 valence electrons. The van der Waals surface area contributed by atoms with Gasteiger partial charge in [0, 0.05) is 39.0 Å². The van der Waals surface area contributed by atoms with E-state index in [1.54, 1.807) is 26.5 Å². The summed E-state index contributed by atoms with van der Waals surface area (Å²) in [6.07, 6.45) is 2.91. The number of nitrogens with one attached hydrogen (secondary N) is 1. The molecule has 2 heterocycles. The fourth-order valence-corrected chi connectivity index (χ4v) is 2.28. The average Bonchev–Trinajstić information content (AvgIpc) is 2.91. The molecule has 0 radical (unpaired) electrons. The van der Waals surface area contributed by atoms with Crippen molar-refractivity contribution in [2.45, 2.75) is 6.42 Å². The molecule has 1 fully saturated rings. The van der Waals surface area contributed by atoms with E-state index in [9.17, 15) is 0 Å². The Morgan fingerprint density at radius 1 is 1.47 bits per heavy atom. The Kier molecular flexibility index (Phi) is 5.35. The van der Waals surface area contributed by atoms with Crippen LogP contribution >= 0.6 is 0 Å².